The molecule has 144 valence electrons. The van der Waals surface area contributed by atoms with Crippen LogP contribution in [0.2, 0.25) is 0 Å². The highest BCUT2D eigenvalue weighted by atomic mass is 16.6. The lowest BCUT2D eigenvalue weighted by atomic mass is 10.0. The highest BCUT2D eigenvalue weighted by molar-refractivity contribution is 6.01. The second kappa shape index (κ2) is 8.90. The SMILES string of the molecule is COc1ccc2cc(C(=O)COC(=O)COc3ccccc3OC)ccc2c1. The summed E-state index contributed by atoms with van der Waals surface area (Å²) in [5.41, 5.74) is 0.469. The monoisotopic (exact) mass is 380 g/mol. The topological polar surface area (TPSA) is 71.1 Å². The van der Waals surface area contributed by atoms with E-state index in [9.17, 15) is 9.59 Å². The van der Waals surface area contributed by atoms with E-state index >= 15 is 0 Å². The van der Waals surface area contributed by atoms with E-state index in [1.165, 1.54) is 7.11 Å². The van der Waals surface area contributed by atoms with Crippen molar-refractivity contribution in [1.29, 1.82) is 0 Å². The summed E-state index contributed by atoms with van der Waals surface area (Å²) in [6.07, 6.45) is 0. The third kappa shape index (κ3) is 4.59. The molecule has 3 aromatic carbocycles. The van der Waals surface area contributed by atoms with E-state index in [4.69, 9.17) is 18.9 Å². The van der Waals surface area contributed by atoms with Crippen LogP contribution in [0.25, 0.3) is 10.8 Å². The summed E-state index contributed by atoms with van der Waals surface area (Å²) < 4.78 is 20.7. The van der Waals surface area contributed by atoms with Gasteiger partial charge in [0.1, 0.15) is 5.75 Å². The van der Waals surface area contributed by atoms with Crippen molar-refractivity contribution in [1.82, 2.24) is 0 Å². The zero-order chi connectivity index (χ0) is 19.9. The number of ether oxygens (including phenoxy) is 4. The Kier molecular flexibility index (Phi) is 6.11. The van der Waals surface area contributed by atoms with Crippen molar-refractivity contribution < 1.29 is 28.5 Å². The first-order chi connectivity index (χ1) is 13.6. The Labute approximate surface area is 162 Å². The maximum absolute atomic E-state index is 12.3. The van der Waals surface area contributed by atoms with Crippen molar-refractivity contribution in [3.63, 3.8) is 0 Å². The van der Waals surface area contributed by atoms with Gasteiger partial charge in [0.15, 0.2) is 30.5 Å². The van der Waals surface area contributed by atoms with Crippen molar-refractivity contribution in [3.8, 4) is 17.2 Å². The Morgan fingerprint density at radius 1 is 0.786 bits per heavy atom. The van der Waals surface area contributed by atoms with Gasteiger partial charge in [-0.1, -0.05) is 30.3 Å². The molecule has 3 rings (SSSR count). The molecule has 0 aliphatic heterocycles. The molecule has 0 amide bonds. The van der Waals surface area contributed by atoms with Crippen LogP contribution in [0.5, 0.6) is 17.2 Å². The van der Waals surface area contributed by atoms with Gasteiger partial charge in [-0.25, -0.2) is 4.79 Å². The number of benzene rings is 3. The largest absolute Gasteiger partial charge is 0.497 e. The summed E-state index contributed by atoms with van der Waals surface area (Å²) >= 11 is 0. The minimum Gasteiger partial charge on any atom is -0.497 e. The Morgan fingerprint density at radius 3 is 2.25 bits per heavy atom. The normalized spacial score (nSPS) is 10.4. The number of rotatable bonds is 8. The first-order valence-corrected chi connectivity index (χ1v) is 8.63. The lowest BCUT2D eigenvalue weighted by Crippen LogP contribution is -2.19. The maximum Gasteiger partial charge on any atom is 0.344 e. The lowest BCUT2D eigenvalue weighted by Gasteiger charge is -2.10. The third-order valence-electron chi connectivity index (χ3n) is 4.15. The van der Waals surface area contributed by atoms with Gasteiger partial charge in [-0.05, 0) is 41.1 Å². The van der Waals surface area contributed by atoms with Gasteiger partial charge in [0, 0.05) is 5.56 Å². The van der Waals surface area contributed by atoms with Crippen LogP contribution in [0, 0.1) is 0 Å². The standard InChI is InChI=1S/C22H20O6/c1-25-18-10-9-15-11-17(8-7-16(15)12-18)19(23)13-28-22(24)14-27-21-6-4-3-5-20(21)26-2/h3-12H,13-14H2,1-2H3. The Bertz CT molecular complexity index is 995. The van der Waals surface area contributed by atoms with Crippen LogP contribution in [-0.2, 0) is 9.53 Å². The molecule has 0 spiro atoms. The number of hydrogen-bond acceptors (Lipinski definition) is 6. The molecular formula is C22H20O6. The number of carbonyl (C=O) groups excluding carboxylic acids is 2. The predicted molar refractivity (Wildman–Crippen MR) is 104 cm³/mol. The molecule has 0 radical (unpaired) electrons. The summed E-state index contributed by atoms with van der Waals surface area (Å²) in [7, 11) is 3.11. The van der Waals surface area contributed by atoms with Gasteiger partial charge in [-0.3, -0.25) is 4.79 Å². The fraction of sp³-hybridized carbons (Fsp3) is 0.182. The summed E-state index contributed by atoms with van der Waals surface area (Å²) in [5.74, 6) is 0.765. The molecule has 0 aromatic heterocycles. The highest BCUT2D eigenvalue weighted by Crippen LogP contribution is 2.25. The van der Waals surface area contributed by atoms with Crippen LogP contribution >= 0.6 is 0 Å². The van der Waals surface area contributed by atoms with E-state index in [0.717, 1.165) is 16.5 Å². The van der Waals surface area contributed by atoms with Crippen LogP contribution in [0.4, 0.5) is 0 Å². The van der Waals surface area contributed by atoms with Gasteiger partial charge in [0.25, 0.3) is 0 Å². The molecule has 0 fully saturated rings. The van der Waals surface area contributed by atoms with Crippen molar-refractivity contribution in [2.45, 2.75) is 0 Å². The molecule has 6 heteroatoms. The van der Waals surface area contributed by atoms with E-state index in [1.807, 2.05) is 24.3 Å². The van der Waals surface area contributed by atoms with Crippen molar-refractivity contribution in [3.05, 3.63) is 66.2 Å². The number of para-hydroxylation sites is 2. The number of methoxy groups -OCH3 is 2. The molecule has 0 heterocycles. The van der Waals surface area contributed by atoms with E-state index < -0.39 is 5.97 Å². The van der Waals surface area contributed by atoms with Crippen molar-refractivity contribution in [2.75, 3.05) is 27.4 Å². The molecule has 3 aromatic rings. The Morgan fingerprint density at radius 2 is 1.50 bits per heavy atom. The summed E-state index contributed by atoms with van der Waals surface area (Å²) in [5, 5.41) is 1.86. The number of carbonyl (C=O) groups is 2. The molecule has 0 atom stereocenters. The van der Waals surface area contributed by atoms with Gasteiger partial charge >= 0.3 is 5.97 Å². The zero-order valence-corrected chi connectivity index (χ0v) is 15.6. The van der Waals surface area contributed by atoms with Crippen LogP contribution in [0.1, 0.15) is 10.4 Å². The average molecular weight is 380 g/mol. The zero-order valence-electron chi connectivity index (χ0n) is 15.6. The van der Waals surface area contributed by atoms with Gasteiger partial charge in [-0.15, -0.1) is 0 Å². The predicted octanol–water partition coefficient (Wildman–Crippen LogP) is 3.66. The van der Waals surface area contributed by atoms with Gasteiger partial charge < -0.3 is 18.9 Å². The first-order valence-electron chi connectivity index (χ1n) is 8.63. The second-order valence-corrected chi connectivity index (χ2v) is 5.95. The molecule has 28 heavy (non-hydrogen) atoms. The Balaban J connectivity index is 1.56. The molecule has 0 saturated heterocycles. The average Bonchev–Trinajstić information content (AvgIpc) is 2.75. The number of fused-ring (bicyclic) bond motifs is 1. The summed E-state index contributed by atoms with van der Waals surface area (Å²) in [4.78, 5) is 24.2. The molecule has 0 aliphatic carbocycles. The fourth-order valence-corrected chi connectivity index (χ4v) is 2.67. The van der Waals surface area contributed by atoms with Crippen LogP contribution in [0.3, 0.4) is 0 Å². The van der Waals surface area contributed by atoms with E-state index in [1.54, 1.807) is 43.5 Å². The highest BCUT2D eigenvalue weighted by Gasteiger charge is 2.12. The number of ketones is 1. The lowest BCUT2D eigenvalue weighted by molar-refractivity contribution is -0.144. The molecular weight excluding hydrogens is 360 g/mol. The van der Waals surface area contributed by atoms with E-state index in [2.05, 4.69) is 0 Å². The minimum absolute atomic E-state index is 0.289. The molecule has 0 unspecified atom stereocenters. The summed E-state index contributed by atoms with van der Waals surface area (Å²) in [6, 6.07) is 17.8. The molecule has 0 saturated carbocycles. The fourth-order valence-electron chi connectivity index (χ4n) is 2.67. The quantitative estimate of drug-likeness (QED) is 0.439. The minimum atomic E-state index is -0.634. The molecule has 0 bridgehead atoms. The van der Waals surface area contributed by atoms with Crippen molar-refractivity contribution >= 4 is 22.5 Å². The number of hydrogen-bond donors (Lipinski definition) is 0. The molecule has 6 nitrogen and oxygen atoms in total. The van der Waals surface area contributed by atoms with Gasteiger partial charge in [0.2, 0.25) is 0 Å². The third-order valence-corrected chi connectivity index (χ3v) is 4.15. The van der Waals surface area contributed by atoms with Crippen LogP contribution in [-0.4, -0.2) is 39.2 Å². The van der Waals surface area contributed by atoms with E-state index in [-0.39, 0.29) is 19.0 Å². The first kappa shape index (κ1) is 19.2. The number of Topliss-reactive ketones (excluding diaryl/α,β-unsaturated/α-hetero) is 1. The van der Waals surface area contributed by atoms with Gasteiger partial charge in [0.05, 0.1) is 14.2 Å². The summed E-state index contributed by atoms with van der Waals surface area (Å²) in [6.45, 7) is -0.666. The van der Waals surface area contributed by atoms with Crippen molar-refractivity contribution in [2.24, 2.45) is 0 Å². The molecule has 0 N–H and O–H groups in total. The maximum atomic E-state index is 12.3. The van der Waals surface area contributed by atoms with Gasteiger partial charge in [-0.2, -0.15) is 0 Å². The van der Waals surface area contributed by atoms with Crippen LogP contribution in [0.15, 0.2) is 60.7 Å². The second-order valence-electron chi connectivity index (χ2n) is 5.95. The van der Waals surface area contributed by atoms with E-state index in [0.29, 0.717) is 17.1 Å². The number of esters is 1. The van der Waals surface area contributed by atoms with Crippen LogP contribution < -0.4 is 14.2 Å². The Hall–Kier alpha value is -3.54. The molecule has 0 aliphatic rings. The smallest absolute Gasteiger partial charge is 0.344 e.